The average Bonchev–Trinajstić information content (AvgIpc) is 3.11. The molecule has 0 aliphatic carbocycles. The van der Waals surface area contributed by atoms with E-state index in [1.54, 1.807) is 36.4 Å². The molecule has 8 heteroatoms. The molecule has 1 amide bonds. The Morgan fingerprint density at radius 1 is 0.920 bits per heavy atom. The molecule has 128 valence electrons. The Balaban J connectivity index is 1.70. The maximum Gasteiger partial charge on any atom is 0.265 e. The lowest BCUT2D eigenvalue weighted by Gasteiger charge is -2.09. The highest BCUT2D eigenvalue weighted by Gasteiger charge is 2.14. The third-order valence-corrected chi connectivity index (χ3v) is 5.78. The first-order valence-electron chi connectivity index (χ1n) is 7.17. The molecule has 0 bridgehead atoms. The summed E-state index contributed by atoms with van der Waals surface area (Å²) in [6, 6.07) is 15.8. The first kappa shape index (κ1) is 17.5. The van der Waals surface area contributed by atoms with E-state index in [1.165, 1.54) is 35.6 Å². The van der Waals surface area contributed by atoms with Gasteiger partial charge < -0.3 is 5.32 Å². The first-order chi connectivity index (χ1) is 11.9. The fourth-order valence-corrected chi connectivity index (χ4v) is 3.85. The number of thiophene rings is 1. The molecular formula is C17H13ClN2O3S2. The smallest absolute Gasteiger partial charge is 0.265 e. The molecule has 0 spiro atoms. The normalized spacial score (nSPS) is 11.1. The fraction of sp³-hybridized carbons (Fsp3) is 0. The molecule has 0 fully saturated rings. The molecule has 2 N–H and O–H groups in total. The van der Waals surface area contributed by atoms with Crippen LogP contribution in [0.2, 0.25) is 5.02 Å². The Labute approximate surface area is 154 Å². The summed E-state index contributed by atoms with van der Waals surface area (Å²) in [6.07, 6.45) is 0. The molecule has 1 aromatic heterocycles. The third kappa shape index (κ3) is 4.39. The van der Waals surface area contributed by atoms with Gasteiger partial charge in [0.1, 0.15) is 0 Å². The Morgan fingerprint density at radius 3 is 2.16 bits per heavy atom. The molecule has 0 saturated carbocycles. The lowest BCUT2D eigenvalue weighted by molar-refractivity contribution is 0.103. The number of carbonyl (C=O) groups excluding carboxylic acids is 1. The standard InChI is InChI=1S/C17H13ClN2O3S2/c18-12-3-9-15(10-4-12)25(22,23)20-14-7-5-13(6-8-14)19-17(21)16-2-1-11-24-16/h1-11,20H,(H,19,21). The van der Waals surface area contributed by atoms with E-state index in [2.05, 4.69) is 10.0 Å². The molecule has 0 atom stereocenters. The van der Waals surface area contributed by atoms with Gasteiger partial charge in [-0.1, -0.05) is 17.7 Å². The molecule has 0 aliphatic rings. The van der Waals surface area contributed by atoms with Crippen molar-refractivity contribution in [2.45, 2.75) is 4.90 Å². The number of hydrogen-bond acceptors (Lipinski definition) is 4. The molecular weight excluding hydrogens is 380 g/mol. The Morgan fingerprint density at radius 2 is 1.56 bits per heavy atom. The van der Waals surface area contributed by atoms with Crippen molar-refractivity contribution in [1.29, 1.82) is 0 Å². The lowest BCUT2D eigenvalue weighted by Crippen LogP contribution is -2.13. The van der Waals surface area contributed by atoms with E-state index in [0.717, 1.165) is 0 Å². The second kappa shape index (κ2) is 7.26. The second-order valence-corrected chi connectivity index (χ2v) is 8.13. The Bertz CT molecular complexity index is 968. The summed E-state index contributed by atoms with van der Waals surface area (Å²) in [6.45, 7) is 0. The number of hydrogen-bond donors (Lipinski definition) is 2. The summed E-state index contributed by atoms with van der Waals surface area (Å²) >= 11 is 7.12. The highest BCUT2D eigenvalue weighted by Crippen LogP contribution is 2.20. The second-order valence-electron chi connectivity index (χ2n) is 5.07. The van der Waals surface area contributed by atoms with Gasteiger partial charge in [0, 0.05) is 16.4 Å². The number of benzene rings is 2. The van der Waals surface area contributed by atoms with E-state index in [-0.39, 0.29) is 10.8 Å². The van der Waals surface area contributed by atoms with Crippen molar-refractivity contribution in [3.8, 4) is 0 Å². The van der Waals surface area contributed by atoms with Gasteiger partial charge in [-0.15, -0.1) is 11.3 Å². The molecule has 1 heterocycles. The summed E-state index contributed by atoms with van der Waals surface area (Å²) in [5.41, 5.74) is 0.969. The number of halogens is 1. The zero-order valence-corrected chi connectivity index (χ0v) is 15.2. The van der Waals surface area contributed by atoms with E-state index in [0.29, 0.717) is 21.3 Å². The molecule has 25 heavy (non-hydrogen) atoms. The van der Waals surface area contributed by atoms with Crippen LogP contribution in [0.25, 0.3) is 0 Å². The van der Waals surface area contributed by atoms with Crippen molar-refractivity contribution in [2.75, 3.05) is 10.0 Å². The van der Waals surface area contributed by atoms with Gasteiger partial charge in [-0.05, 0) is 60.0 Å². The van der Waals surface area contributed by atoms with Gasteiger partial charge in [0.25, 0.3) is 15.9 Å². The summed E-state index contributed by atoms with van der Waals surface area (Å²) in [5.74, 6) is -0.204. The highest BCUT2D eigenvalue weighted by atomic mass is 35.5. The lowest BCUT2D eigenvalue weighted by atomic mass is 10.3. The van der Waals surface area contributed by atoms with Crippen LogP contribution in [0.3, 0.4) is 0 Å². The molecule has 0 aliphatic heterocycles. The largest absolute Gasteiger partial charge is 0.321 e. The quantitative estimate of drug-likeness (QED) is 0.673. The number of carbonyl (C=O) groups is 1. The molecule has 0 saturated heterocycles. The summed E-state index contributed by atoms with van der Waals surface area (Å²) in [5, 5.41) is 5.04. The van der Waals surface area contributed by atoms with Crippen LogP contribution in [0, 0.1) is 0 Å². The minimum Gasteiger partial charge on any atom is -0.321 e. The zero-order valence-electron chi connectivity index (χ0n) is 12.8. The minimum absolute atomic E-state index is 0.118. The maximum atomic E-state index is 12.3. The minimum atomic E-state index is -3.70. The first-order valence-corrected chi connectivity index (χ1v) is 9.91. The predicted molar refractivity (Wildman–Crippen MR) is 101 cm³/mol. The van der Waals surface area contributed by atoms with E-state index >= 15 is 0 Å². The van der Waals surface area contributed by atoms with E-state index in [4.69, 9.17) is 11.6 Å². The van der Waals surface area contributed by atoms with Gasteiger partial charge in [0.15, 0.2) is 0 Å². The van der Waals surface area contributed by atoms with Crippen LogP contribution in [0.15, 0.2) is 70.9 Å². The number of anilines is 2. The third-order valence-electron chi connectivity index (χ3n) is 3.26. The monoisotopic (exact) mass is 392 g/mol. The van der Waals surface area contributed by atoms with Gasteiger partial charge in [0.05, 0.1) is 9.77 Å². The summed E-state index contributed by atoms with van der Waals surface area (Å²) < 4.78 is 27.1. The van der Waals surface area contributed by atoms with E-state index in [9.17, 15) is 13.2 Å². The Kier molecular flexibility index (Phi) is 5.08. The van der Waals surface area contributed by atoms with Crippen LogP contribution >= 0.6 is 22.9 Å². The van der Waals surface area contributed by atoms with Crippen LogP contribution in [0.4, 0.5) is 11.4 Å². The van der Waals surface area contributed by atoms with Crippen molar-refractivity contribution < 1.29 is 13.2 Å². The fourth-order valence-electron chi connectivity index (χ4n) is 2.05. The molecule has 5 nitrogen and oxygen atoms in total. The van der Waals surface area contributed by atoms with E-state index in [1.807, 2.05) is 5.38 Å². The molecule has 3 rings (SSSR count). The topological polar surface area (TPSA) is 75.3 Å². The van der Waals surface area contributed by atoms with Crippen molar-refractivity contribution >= 4 is 50.2 Å². The number of rotatable bonds is 5. The van der Waals surface area contributed by atoms with Crippen LogP contribution < -0.4 is 10.0 Å². The van der Waals surface area contributed by atoms with Crippen LogP contribution in [-0.2, 0) is 10.0 Å². The van der Waals surface area contributed by atoms with Crippen LogP contribution in [0.1, 0.15) is 9.67 Å². The van der Waals surface area contributed by atoms with Gasteiger partial charge >= 0.3 is 0 Å². The maximum absolute atomic E-state index is 12.3. The van der Waals surface area contributed by atoms with E-state index < -0.39 is 10.0 Å². The number of amides is 1. The molecule has 3 aromatic rings. The summed E-state index contributed by atoms with van der Waals surface area (Å²) in [7, 11) is -3.70. The summed E-state index contributed by atoms with van der Waals surface area (Å²) in [4.78, 5) is 12.7. The van der Waals surface area contributed by atoms with Crippen molar-refractivity contribution in [1.82, 2.24) is 0 Å². The molecule has 0 radical (unpaired) electrons. The SMILES string of the molecule is O=C(Nc1ccc(NS(=O)(=O)c2ccc(Cl)cc2)cc1)c1cccs1. The van der Waals surface area contributed by atoms with Gasteiger partial charge in [0.2, 0.25) is 0 Å². The van der Waals surface area contributed by atoms with Crippen molar-refractivity contribution in [2.24, 2.45) is 0 Å². The molecule has 0 unspecified atom stereocenters. The van der Waals surface area contributed by atoms with Gasteiger partial charge in [-0.2, -0.15) is 0 Å². The number of nitrogens with one attached hydrogen (secondary N) is 2. The Hall–Kier alpha value is -2.35. The van der Waals surface area contributed by atoms with Crippen molar-refractivity contribution in [3.63, 3.8) is 0 Å². The number of sulfonamides is 1. The van der Waals surface area contributed by atoms with Gasteiger partial charge in [-0.3, -0.25) is 9.52 Å². The molecule has 2 aromatic carbocycles. The zero-order chi connectivity index (χ0) is 17.9. The average molecular weight is 393 g/mol. The highest BCUT2D eigenvalue weighted by molar-refractivity contribution is 7.92. The van der Waals surface area contributed by atoms with Gasteiger partial charge in [-0.25, -0.2) is 8.42 Å². The van der Waals surface area contributed by atoms with Crippen LogP contribution in [-0.4, -0.2) is 14.3 Å². The predicted octanol–water partition coefficient (Wildman–Crippen LogP) is 4.45. The van der Waals surface area contributed by atoms with Crippen LogP contribution in [0.5, 0.6) is 0 Å². The van der Waals surface area contributed by atoms with Crippen molar-refractivity contribution in [3.05, 3.63) is 75.9 Å².